The fourth-order valence-corrected chi connectivity index (χ4v) is 3.00. The van der Waals surface area contributed by atoms with Gasteiger partial charge in [0.05, 0.1) is 0 Å². The van der Waals surface area contributed by atoms with Gasteiger partial charge in [-0.2, -0.15) is 0 Å². The van der Waals surface area contributed by atoms with E-state index in [1.165, 1.54) is 36.4 Å². The first-order valence-corrected chi connectivity index (χ1v) is 8.12. The van der Waals surface area contributed by atoms with E-state index in [2.05, 4.69) is 4.90 Å². The van der Waals surface area contributed by atoms with Crippen molar-refractivity contribution in [2.24, 2.45) is 0 Å². The Bertz CT molecular complexity index is 728. The molecule has 0 unspecified atom stereocenters. The largest absolute Gasteiger partial charge is 0.336 e. The van der Waals surface area contributed by atoms with Crippen LogP contribution >= 0.6 is 11.6 Å². The summed E-state index contributed by atoms with van der Waals surface area (Å²) in [5, 5.41) is 0.416. The van der Waals surface area contributed by atoms with Crippen molar-refractivity contribution in [3.63, 3.8) is 0 Å². The molecule has 3 nitrogen and oxygen atoms in total. The molecule has 6 heteroatoms. The number of carbonyl (C=O) groups is 1. The Balaban J connectivity index is 1.57. The third-order valence-corrected chi connectivity index (χ3v) is 4.51. The molecule has 1 aliphatic heterocycles. The van der Waals surface area contributed by atoms with Gasteiger partial charge in [-0.1, -0.05) is 17.7 Å². The maximum atomic E-state index is 13.1. The number of amides is 1. The molecule has 0 atom stereocenters. The van der Waals surface area contributed by atoms with Crippen molar-refractivity contribution in [1.29, 1.82) is 0 Å². The van der Waals surface area contributed by atoms with Gasteiger partial charge in [-0.15, -0.1) is 0 Å². The normalized spacial score (nSPS) is 15.5. The number of carbonyl (C=O) groups excluding carboxylic acids is 1. The number of benzene rings is 2. The molecular weight excluding hydrogens is 334 g/mol. The molecule has 24 heavy (non-hydrogen) atoms. The minimum Gasteiger partial charge on any atom is -0.336 e. The Morgan fingerprint density at radius 3 is 2.21 bits per heavy atom. The molecule has 1 saturated heterocycles. The Morgan fingerprint density at radius 2 is 1.58 bits per heavy atom. The van der Waals surface area contributed by atoms with Crippen LogP contribution in [-0.2, 0) is 6.54 Å². The molecule has 0 spiro atoms. The highest BCUT2D eigenvalue weighted by molar-refractivity contribution is 6.31. The van der Waals surface area contributed by atoms with Gasteiger partial charge >= 0.3 is 0 Å². The second kappa shape index (κ2) is 7.28. The average molecular weight is 351 g/mol. The number of piperazine rings is 1. The number of hydrogen-bond acceptors (Lipinski definition) is 2. The molecule has 0 bridgehead atoms. The summed E-state index contributed by atoms with van der Waals surface area (Å²) < 4.78 is 26.0. The van der Waals surface area contributed by atoms with Crippen LogP contribution in [-0.4, -0.2) is 41.9 Å². The van der Waals surface area contributed by atoms with Crippen LogP contribution in [0.1, 0.15) is 15.9 Å². The fourth-order valence-electron chi connectivity index (χ4n) is 2.77. The third kappa shape index (κ3) is 3.91. The molecule has 1 heterocycles. The van der Waals surface area contributed by atoms with Gasteiger partial charge in [-0.05, 0) is 42.0 Å². The average Bonchev–Trinajstić information content (AvgIpc) is 2.58. The highest BCUT2D eigenvalue weighted by Gasteiger charge is 2.22. The Hall–Kier alpha value is -1.98. The Labute approximate surface area is 144 Å². The van der Waals surface area contributed by atoms with Crippen LogP contribution in [0.2, 0.25) is 5.02 Å². The lowest BCUT2D eigenvalue weighted by molar-refractivity contribution is 0.0628. The lowest BCUT2D eigenvalue weighted by Crippen LogP contribution is -2.48. The van der Waals surface area contributed by atoms with Gasteiger partial charge in [0.1, 0.15) is 11.6 Å². The minimum absolute atomic E-state index is 0.0885. The highest BCUT2D eigenvalue weighted by atomic mass is 35.5. The predicted octanol–water partition coefficient (Wildman–Crippen LogP) is 3.58. The first kappa shape index (κ1) is 16.9. The molecule has 2 aromatic carbocycles. The van der Waals surface area contributed by atoms with Crippen LogP contribution < -0.4 is 0 Å². The molecule has 1 fully saturated rings. The van der Waals surface area contributed by atoms with Gasteiger partial charge in [0, 0.05) is 43.3 Å². The van der Waals surface area contributed by atoms with Crippen molar-refractivity contribution in [2.45, 2.75) is 6.54 Å². The quantitative estimate of drug-likeness (QED) is 0.844. The first-order chi connectivity index (χ1) is 11.5. The van der Waals surface area contributed by atoms with E-state index in [1.807, 2.05) is 0 Å². The number of hydrogen-bond donors (Lipinski definition) is 0. The summed E-state index contributed by atoms with van der Waals surface area (Å²) in [4.78, 5) is 16.3. The van der Waals surface area contributed by atoms with Crippen molar-refractivity contribution in [3.8, 4) is 0 Å². The van der Waals surface area contributed by atoms with Crippen LogP contribution in [0, 0.1) is 11.6 Å². The zero-order chi connectivity index (χ0) is 17.1. The lowest BCUT2D eigenvalue weighted by Gasteiger charge is -2.35. The van der Waals surface area contributed by atoms with Crippen molar-refractivity contribution in [2.75, 3.05) is 26.2 Å². The molecule has 0 aromatic heterocycles. The molecular formula is C18H17ClF2N2O. The molecule has 1 aliphatic rings. The second-order valence-electron chi connectivity index (χ2n) is 5.81. The molecule has 2 aromatic rings. The SMILES string of the molecule is O=C(c1ccc(F)cc1)N1CCN(Cc2ccc(F)cc2Cl)CC1. The number of halogens is 3. The van der Waals surface area contributed by atoms with Crippen LogP contribution in [0.25, 0.3) is 0 Å². The van der Waals surface area contributed by atoms with Crippen LogP contribution in [0.5, 0.6) is 0 Å². The Morgan fingerprint density at radius 1 is 0.958 bits per heavy atom. The number of nitrogens with zero attached hydrogens (tertiary/aromatic N) is 2. The van der Waals surface area contributed by atoms with Crippen LogP contribution in [0.15, 0.2) is 42.5 Å². The maximum absolute atomic E-state index is 13.1. The second-order valence-corrected chi connectivity index (χ2v) is 6.22. The van der Waals surface area contributed by atoms with Crippen molar-refractivity contribution < 1.29 is 13.6 Å². The molecule has 0 aliphatic carbocycles. The zero-order valence-electron chi connectivity index (χ0n) is 13.0. The van der Waals surface area contributed by atoms with E-state index in [0.29, 0.717) is 43.3 Å². The summed E-state index contributed by atoms with van der Waals surface area (Å²) in [6.45, 7) is 3.23. The van der Waals surface area contributed by atoms with E-state index < -0.39 is 0 Å². The van der Waals surface area contributed by atoms with E-state index in [0.717, 1.165) is 5.56 Å². The Kier molecular flexibility index (Phi) is 5.11. The first-order valence-electron chi connectivity index (χ1n) is 7.74. The maximum Gasteiger partial charge on any atom is 0.253 e. The highest BCUT2D eigenvalue weighted by Crippen LogP contribution is 2.20. The predicted molar refractivity (Wildman–Crippen MR) is 89.0 cm³/mol. The van der Waals surface area contributed by atoms with Gasteiger partial charge in [0.2, 0.25) is 0 Å². The van der Waals surface area contributed by atoms with Gasteiger partial charge in [-0.3, -0.25) is 9.69 Å². The summed E-state index contributed by atoms with van der Waals surface area (Å²) in [5.74, 6) is -0.791. The summed E-state index contributed by atoms with van der Waals surface area (Å²) >= 11 is 6.06. The van der Waals surface area contributed by atoms with Crippen LogP contribution in [0.4, 0.5) is 8.78 Å². The topological polar surface area (TPSA) is 23.6 Å². The monoisotopic (exact) mass is 350 g/mol. The van der Waals surface area contributed by atoms with E-state index in [9.17, 15) is 13.6 Å². The third-order valence-electron chi connectivity index (χ3n) is 4.16. The molecule has 0 radical (unpaired) electrons. The molecule has 3 rings (SSSR count). The summed E-state index contributed by atoms with van der Waals surface area (Å²) in [6.07, 6.45) is 0. The molecule has 0 saturated carbocycles. The van der Waals surface area contributed by atoms with Gasteiger partial charge < -0.3 is 4.90 Å². The van der Waals surface area contributed by atoms with Gasteiger partial charge in [0.25, 0.3) is 5.91 Å². The van der Waals surface area contributed by atoms with E-state index in [-0.39, 0.29) is 17.5 Å². The molecule has 1 amide bonds. The molecule has 0 N–H and O–H groups in total. The van der Waals surface area contributed by atoms with Crippen LogP contribution in [0.3, 0.4) is 0 Å². The summed E-state index contributed by atoms with van der Waals surface area (Å²) in [5.41, 5.74) is 1.36. The summed E-state index contributed by atoms with van der Waals surface area (Å²) in [7, 11) is 0. The lowest BCUT2D eigenvalue weighted by atomic mass is 10.1. The van der Waals surface area contributed by atoms with E-state index in [1.54, 1.807) is 11.0 Å². The molecule has 126 valence electrons. The summed E-state index contributed by atoms with van der Waals surface area (Å²) in [6, 6.07) is 9.99. The minimum atomic E-state index is -0.354. The van der Waals surface area contributed by atoms with Crippen molar-refractivity contribution in [1.82, 2.24) is 9.80 Å². The number of rotatable bonds is 3. The van der Waals surface area contributed by atoms with E-state index in [4.69, 9.17) is 11.6 Å². The zero-order valence-corrected chi connectivity index (χ0v) is 13.8. The van der Waals surface area contributed by atoms with Gasteiger partial charge in [-0.25, -0.2) is 8.78 Å². The van der Waals surface area contributed by atoms with E-state index >= 15 is 0 Å². The van der Waals surface area contributed by atoms with Gasteiger partial charge in [0.15, 0.2) is 0 Å². The van der Waals surface area contributed by atoms with Crippen molar-refractivity contribution in [3.05, 3.63) is 70.2 Å². The van der Waals surface area contributed by atoms with Crippen molar-refractivity contribution >= 4 is 17.5 Å². The smallest absolute Gasteiger partial charge is 0.253 e. The standard InChI is InChI=1S/C18H17ClF2N2O/c19-17-11-16(21)6-3-14(17)12-22-7-9-23(10-8-22)18(24)13-1-4-15(20)5-2-13/h1-6,11H,7-10,12H2. The fraction of sp³-hybridized carbons (Fsp3) is 0.278.